The first kappa shape index (κ1) is 19.6. The molecule has 0 saturated carbocycles. The number of benzene rings is 1. The number of hydrogen-bond donors (Lipinski definition) is 2. The van der Waals surface area contributed by atoms with Crippen LogP contribution in [-0.2, 0) is 21.2 Å². The normalized spacial score (nSPS) is 11.2. The molecule has 2 rings (SSSR count). The Morgan fingerprint density at radius 1 is 1.32 bits per heavy atom. The molecule has 0 aliphatic rings. The summed E-state index contributed by atoms with van der Waals surface area (Å²) in [6.07, 6.45) is -0.00111. The van der Waals surface area contributed by atoms with Crippen molar-refractivity contribution in [2.45, 2.75) is 25.2 Å². The number of sulfonamides is 1. The van der Waals surface area contributed by atoms with Crippen LogP contribution in [0.4, 0.5) is 10.5 Å². The van der Waals surface area contributed by atoms with Crippen molar-refractivity contribution in [1.82, 2.24) is 5.32 Å². The summed E-state index contributed by atoms with van der Waals surface area (Å²) in [6.45, 7) is 4.04. The highest BCUT2D eigenvalue weighted by Crippen LogP contribution is 2.28. The van der Waals surface area contributed by atoms with Crippen molar-refractivity contribution in [2.24, 2.45) is 0 Å². The van der Waals surface area contributed by atoms with E-state index in [0.717, 1.165) is 4.88 Å². The minimum atomic E-state index is -3.75. The molecule has 1 amide bonds. The molecule has 1 aromatic carbocycles. The van der Waals surface area contributed by atoms with E-state index in [0.29, 0.717) is 35.8 Å². The van der Waals surface area contributed by atoms with Gasteiger partial charge in [-0.3, -0.25) is 4.72 Å². The molecule has 0 bridgehead atoms. The largest absolute Gasteiger partial charge is 0.450 e. The number of thiophene rings is 1. The minimum Gasteiger partial charge on any atom is -0.450 e. The number of alkyl carbamates (subject to hydrolysis) is 1. The van der Waals surface area contributed by atoms with E-state index in [-0.39, 0.29) is 4.90 Å². The van der Waals surface area contributed by atoms with Crippen LogP contribution >= 0.6 is 22.9 Å². The average Bonchev–Trinajstić information content (AvgIpc) is 2.96. The maximum absolute atomic E-state index is 12.6. The maximum Gasteiger partial charge on any atom is 0.407 e. The van der Waals surface area contributed by atoms with E-state index in [9.17, 15) is 13.2 Å². The summed E-state index contributed by atoms with van der Waals surface area (Å²) in [4.78, 5) is 12.2. The van der Waals surface area contributed by atoms with Gasteiger partial charge in [-0.25, -0.2) is 13.2 Å². The van der Waals surface area contributed by atoms with Gasteiger partial charge in [0.05, 0.1) is 17.2 Å². The van der Waals surface area contributed by atoms with Crippen LogP contribution in [0.2, 0.25) is 5.02 Å². The molecule has 2 N–H and O–H groups in total. The summed E-state index contributed by atoms with van der Waals surface area (Å²) in [5, 5.41) is 4.80. The van der Waals surface area contributed by atoms with Crippen molar-refractivity contribution >= 4 is 44.7 Å². The van der Waals surface area contributed by atoms with Gasteiger partial charge < -0.3 is 10.1 Å². The third-order valence-corrected chi connectivity index (χ3v) is 6.29. The molecule has 136 valence electrons. The fourth-order valence-electron chi connectivity index (χ4n) is 2.16. The van der Waals surface area contributed by atoms with Crippen molar-refractivity contribution < 1.29 is 17.9 Å². The Morgan fingerprint density at radius 2 is 2.08 bits per heavy atom. The smallest absolute Gasteiger partial charge is 0.407 e. The monoisotopic (exact) mass is 402 g/mol. The first-order valence-corrected chi connectivity index (χ1v) is 10.3. The van der Waals surface area contributed by atoms with Crippen LogP contribution in [0.15, 0.2) is 34.5 Å². The summed E-state index contributed by atoms with van der Waals surface area (Å²) in [7, 11) is -3.75. The lowest BCUT2D eigenvalue weighted by Gasteiger charge is -2.12. The Morgan fingerprint density at radius 3 is 2.80 bits per heavy atom. The van der Waals surface area contributed by atoms with Gasteiger partial charge in [-0.05, 0) is 43.0 Å². The third kappa shape index (κ3) is 5.10. The van der Waals surface area contributed by atoms with E-state index >= 15 is 0 Å². The van der Waals surface area contributed by atoms with Crippen LogP contribution in [0.1, 0.15) is 17.4 Å². The van der Waals surface area contributed by atoms with Gasteiger partial charge in [0.2, 0.25) is 0 Å². The van der Waals surface area contributed by atoms with E-state index in [1.54, 1.807) is 37.4 Å². The second kappa shape index (κ2) is 8.55. The zero-order valence-corrected chi connectivity index (χ0v) is 16.2. The Labute approximate surface area is 156 Å². The van der Waals surface area contributed by atoms with Crippen molar-refractivity contribution in [3.05, 3.63) is 45.1 Å². The third-order valence-electron chi connectivity index (χ3n) is 3.39. The summed E-state index contributed by atoms with van der Waals surface area (Å²) in [5.41, 5.74) is 0.993. The van der Waals surface area contributed by atoms with Gasteiger partial charge >= 0.3 is 6.09 Å². The number of rotatable bonds is 7. The first-order chi connectivity index (χ1) is 11.8. The highest BCUT2D eigenvalue weighted by Gasteiger charge is 2.20. The fourth-order valence-corrected chi connectivity index (χ4v) is 4.65. The maximum atomic E-state index is 12.6. The molecule has 1 heterocycles. The van der Waals surface area contributed by atoms with Crippen molar-refractivity contribution in [1.29, 1.82) is 0 Å². The molecule has 0 saturated heterocycles. The van der Waals surface area contributed by atoms with E-state index in [1.165, 1.54) is 17.4 Å². The van der Waals surface area contributed by atoms with E-state index in [4.69, 9.17) is 16.3 Å². The summed E-state index contributed by atoms with van der Waals surface area (Å²) in [5.74, 6) is 0. The first-order valence-electron chi connectivity index (χ1n) is 7.60. The number of carbonyl (C=O) groups excluding carboxylic acids is 1. The number of hydrogen-bond acceptors (Lipinski definition) is 5. The molecule has 0 aliphatic carbocycles. The standard InChI is InChI=1S/C16H19ClN2O4S2/c1-3-23-16(20)18-9-7-14-13(8-10-24-14)19-25(21,22)15-6-4-5-12(17)11(15)2/h4-6,8,10,19H,3,7,9H2,1-2H3,(H,18,20). The van der Waals surface area contributed by atoms with Gasteiger partial charge in [-0.15, -0.1) is 11.3 Å². The van der Waals surface area contributed by atoms with Crippen LogP contribution in [0.3, 0.4) is 0 Å². The predicted molar refractivity (Wildman–Crippen MR) is 100 cm³/mol. The van der Waals surface area contributed by atoms with Gasteiger partial charge in [0, 0.05) is 22.9 Å². The molecule has 1 aromatic heterocycles. The number of carbonyl (C=O) groups is 1. The topological polar surface area (TPSA) is 84.5 Å². The quantitative estimate of drug-likeness (QED) is 0.737. The van der Waals surface area contributed by atoms with Crippen LogP contribution in [0.25, 0.3) is 0 Å². The predicted octanol–water partition coefficient (Wildman–Crippen LogP) is 3.80. The molecule has 0 unspecified atom stereocenters. The van der Waals surface area contributed by atoms with Crippen molar-refractivity contribution in [3.63, 3.8) is 0 Å². The molecule has 0 aliphatic heterocycles. The van der Waals surface area contributed by atoms with E-state index in [2.05, 4.69) is 10.0 Å². The molecule has 0 radical (unpaired) electrons. The summed E-state index contributed by atoms with van der Waals surface area (Å²) < 4.78 is 32.7. The van der Waals surface area contributed by atoms with Crippen LogP contribution in [0.5, 0.6) is 0 Å². The summed E-state index contributed by atoms with van der Waals surface area (Å²) >= 11 is 7.43. The fraction of sp³-hybridized carbons (Fsp3) is 0.312. The van der Waals surface area contributed by atoms with Gasteiger partial charge in [0.1, 0.15) is 0 Å². The number of halogens is 1. The van der Waals surface area contributed by atoms with Crippen LogP contribution in [-0.4, -0.2) is 27.7 Å². The lowest BCUT2D eigenvalue weighted by atomic mass is 10.2. The highest BCUT2D eigenvalue weighted by molar-refractivity contribution is 7.92. The Hall–Kier alpha value is -1.77. The Kier molecular flexibility index (Phi) is 6.69. The molecule has 9 heteroatoms. The number of anilines is 1. The second-order valence-electron chi connectivity index (χ2n) is 5.12. The van der Waals surface area contributed by atoms with Crippen LogP contribution in [0, 0.1) is 6.92 Å². The molecule has 0 atom stereocenters. The molecule has 6 nitrogen and oxygen atoms in total. The number of amides is 1. The van der Waals surface area contributed by atoms with Gasteiger partial charge in [0.15, 0.2) is 0 Å². The van der Waals surface area contributed by atoms with E-state index < -0.39 is 16.1 Å². The van der Waals surface area contributed by atoms with Gasteiger partial charge in [-0.2, -0.15) is 0 Å². The van der Waals surface area contributed by atoms with Gasteiger partial charge in [-0.1, -0.05) is 17.7 Å². The van der Waals surface area contributed by atoms with Crippen molar-refractivity contribution in [2.75, 3.05) is 17.9 Å². The van der Waals surface area contributed by atoms with Crippen molar-refractivity contribution in [3.8, 4) is 0 Å². The molecule has 0 fully saturated rings. The number of ether oxygens (including phenoxy) is 1. The molecule has 2 aromatic rings. The Balaban J connectivity index is 2.09. The van der Waals surface area contributed by atoms with Crippen LogP contribution < -0.4 is 10.0 Å². The summed E-state index contributed by atoms with van der Waals surface area (Å²) in [6, 6.07) is 6.45. The molecule has 25 heavy (non-hydrogen) atoms. The molecule has 0 spiro atoms. The minimum absolute atomic E-state index is 0.141. The average molecular weight is 403 g/mol. The zero-order valence-electron chi connectivity index (χ0n) is 13.8. The zero-order chi connectivity index (χ0) is 18.4. The SMILES string of the molecule is CCOC(=O)NCCc1sccc1NS(=O)(=O)c1cccc(Cl)c1C. The highest BCUT2D eigenvalue weighted by atomic mass is 35.5. The second-order valence-corrected chi connectivity index (χ2v) is 8.18. The number of nitrogens with one attached hydrogen (secondary N) is 2. The Bertz CT molecular complexity index is 850. The van der Waals surface area contributed by atoms with Gasteiger partial charge in [0.25, 0.3) is 10.0 Å². The lowest BCUT2D eigenvalue weighted by Crippen LogP contribution is -2.26. The van der Waals surface area contributed by atoms with E-state index in [1.807, 2.05) is 0 Å². The molecular weight excluding hydrogens is 384 g/mol. The molecular formula is C16H19ClN2O4S2. The lowest BCUT2D eigenvalue weighted by molar-refractivity contribution is 0.152.